The zero-order valence-corrected chi connectivity index (χ0v) is 11.4. The van der Waals surface area contributed by atoms with Crippen molar-refractivity contribution in [1.29, 1.82) is 0 Å². The van der Waals surface area contributed by atoms with Crippen LogP contribution in [0.5, 0.6) is 5.75 Å². The monoisotopic (exact) mass is 262 g/mol. The fourth-order valence-corrected chi connectivity index (χ4v) is 3.00. The third-order valence-corrected chi connectivity index (χ3v) is 3.98. The lowest BCUT2D eigenvalue weighted by Gasteiger charge is -2.04. The van der Waals surface area contributed by atoms with Gasteiger partial charge in [-0.15, -0.1) is 0 Å². The van der Waals surface area contributed by atoms with Gasteiger partial charge >= 0.3 is 0 Å². The molecule has 0 amide bonds. The molecule has 2 aromatic heterocycles. The molecule has 0 bridgehead atoms. The number of methoxy groups -OCH3 is 1. The van der Waals surface area contributed by atoms with Crippen LogP contribution in [-0.2, 0) is 0 Å². The lowest BCUT2D eigenvalue weighted by molar-refractivity contribution is 0.420. The number of ether oxygens (including phenoxy) is 1. The second-order valence-electron chi connectivity index (χ2n) is 5.03. The number of pyridine rings is 1. The molecule has 0 aliphatic heterocycles. The zero-order valence-electron chi connectivity index (χ0n) is 11.4. The Hall–Kier alpha value is -2.55. The summed E-state index contributed by atoms with van der Waals surface area (Å²) in [5.74, 6) is 0.899. The van der Waals surface area contributed by atoms with E-state index in [0.717, 1.165) is 22.0 Å². The van der Waals surface area contributed by atoms with E-state index < -0.39 is 0 Å². The molecule has 0 aliphatic rings. The summed E-state index contributed by atoms with van der Waals surface area (Å²) in [6.07, 6.45) is 3.75. The molecular weight excluding hydrogens is 248 g/mol. The maximum atomic E-state index is 5.51. The zero-order chi connectivity index (χ0) is 13.7. The quantitative estimate of drug-likeness (QED) is 0.558. The first-order valence-electron chi connectivity index (χ1n) is 6.61. The van der Waals surface area contributed by atoms with Crippen molar-refractivity contribution in [2.75, 3.05) is 7.11 Å². The predicted octanol–water partition coefficient (Wildman–Crippen LogP) is 4.19. The highest BCUT2D eigenvalue weighted by Gasteiger charge is 2.12. The predicted molar refractivity (Wildman–Crippen MR) is 82.4 cm³/mol. The second-order valence-corrected chi connectivity index (χ2v) is 5.03. The highest BCUT2D eigenvalue weighted by Crippen LogP contribution is 2.36. The van der Waals surface area contributed by atoms with Crippen LogP contribution in [0.3, 0.4) is 0 Å². The fourth-order valence-electron chi connectivity index (χ4n) is 3.00. The van der Waals surface area contributed by atoms with E-state index in [1.807, 2.05) is 24.5 Å². The number of nitrogens with zero attached hydrogens (tertiary/aromatic N) is 1. The second kappa shape index (κ2) is 3.97. The molecule has 0 saturated heterocycles. The summed E-state index contributed by atoms with van der Waals surface area (Å²) in [5.41, 5.74) is 3.52. The first-order valence-corrected chi connectivity index (χ1v) is 6.61. The highest BCUT2D eigenvalue weighted by molar-refractivity contribution is 6.15. The molecule has 0 fully saturated rings. The Morgan fingerprint density at radius 1 is 1.15 bits per heavy atom. The Balaban J connectivity index is 2.29. The summed E-state index contributed by atoms with van der Waals surface area (Å²) in [4.78, 5) is 7.74. The molecule has 0 radical (unpaired) electrons. The van der Waals surface area contributed by atoms with Crippen molar-refractivity contribution in [3.8, 4) is 5.75 Å². The van der Waals surface area contributed by atoms with Crippen molar-refractivity contribution in [2.45, 2.75) is 6.92 Å². The standard InChI is InChI=1S/C17H14N2O/c1-10-12-6-7-18-9-11(12)8-13-16-14(19-17(10)13)4-3-5-15(16)20-2/h3-9,19H,1-2H3. The molecule has 0 aliphatic carbocycles. The summed E-state index contributed by atoms with van der Waals surface area (Å²) in [5, 5.41) is 4.72. The van der Waals surface area contributed by atoms with Crippen LogP contribution in [0, 0.1) is 6.92 Å². The van der Waals surface area contributed by atoms with Gasteiger partial charge in [0.25, 0.3) is 0 Å². The van der Waals surface area contributed by atoms with Gasteiger partial charge in [-0.2, -0.15) is 0 Å². The summed E-state index contributed by atoms with van der Waals surface area (Å²) in [7, 11) is 1.71. The molecule has 0 spiro atoms. The van der Waals surface area contributed by atoms with Gasteiger partial charge in [0.05, 0.1) is 18.1 Å². The Morgan fingerprint density at radius 3 is 2.90 bits per heavy atom. The van der Waals surface area contributed by atoms with Crippen LogP contribution < -0.4 is 4.74 Å². The molecule has 0 unspecified atom stereocenters. The van der Waals surface area contributed by atoms with Gasteiger partial charge in [-0.05, 0) is 42.1 Å². The van der Waals surface area contributed by atoms with Gasteiger partial charge in [0.1, 0.15) is 5.75 Å². The van der Waals surface area contributed by atoms with E-state index in [0.29, 0.717) is 0 Å². The van der Waals surface area contributed by atoms with Gasteiger partial charge in [0.2, 0.25) is 0 Å². The van der Waals surface area contributed by atoms with E-state index >= 15 is 0 Å². The van der Waals surface area contributed by atoms with Crippen LogP contribution in [0.4, 0.5) is 0 Å². The van der Waals surface area contributed by atoms with E-state index in [1.165, 1.54) is 21.9 Å². The molecule has 2 heterocycles. The Bertz CT molecular complexity index is 953. The van der Waals surface area contributed by atoms with Crippen LogP contribution >= 0.6 is 0 Å². The minimum atomic E-state index is 0.899. The third kappa shape index (κ3) is 1.37. The molecular formula is C17H14N2O. The van der Waals surface area contributed by atoms with Gasteiger partial charge in [-0.3, -0.25) is 4.98 Å². The van der Waals surface area contributed by atoms with Gasteiger partial charge in [-0.1, -0.05) is 6.07 Å². The molecule has 4 rings (SSSR count). The minimum Gasteiger partial charge on any atom is -0.496 e. The van der Waals surface area contributed by atoms with Gasteiger partial charge in [0.15, 0.2) is 0 Å². The third-order valence-electron chi connectivity index (χ3n) is 3.98. The van der Waals surface area contributed by atoms with Gasteiger partial charge in [0, 0.05) is 28.6 Å². The number of rotatable bonds is 1. The van der Waals surface area contributed by atoms with Crippen molar-refractivity contribution in [3.63, 3.8) is 0 Å². The summed E-state index contributed by atoms with van der Waals surface area (Å²) in [6.45, 7) is 2.15. The maximum Gasteiger partial charge on any atom is 0.128 e. The largest absolute Gasteiger partial charge is 0.496 e. The van der Waals surface area contributed by atoms with E-state index in [4.69, 9.17) is 4.74 Å². The van der Waals surface area contributed by atoms with Crippen LogP contribution in [0.15, 0.2) is 42.7 Å². The number of H-pyrrole nitrogens is 1. The topological polar surface area (TPSA) is 37.9 Å². The normalized spacial score (nSPS) is 11.5. The lowest BCUT2D eigenvalue weighted by Crippen LogP contribution is -1.84. The summed E-state index contributed by atoms with van der Waals surface area (Å²) < 4.78 is 5.51. The van der Waals surface area contributed by atoms with Crippen molar-refractivity contribution >= 4 is 32.6 Å². The number of hydrogen-bond acceptors (Lipinski definition) is 2. The Kier molecular flexibility index (Phi) is 2.24. The molecule has 4 aromatic rings. The van der Waals surface area contributed by atoms with E-state index in [9.17, 15) is 0 Å². The van der Waals surface area contributed by atoms with Crippen LogP contribution in [-0.4, -0.2) is 17.1 Å². The number of fused-ring (bicyclic) bond motifs is 4. The van der Waals surface area contributed by atoms with Crippen molar-refractivity contribution in [1.82, 2.24) is 9.97 Å². The number of aromatic amines is 1. The van der Waals surface area contributed by atoms with Crippen LogP contribution in [0.2, 0.25) is 0 Å². The Labute approximate surface area is 116 Å². The average molecular weight is 262 g/mol. The van der Waals surface area contributed by atoms with E-state index in [2.05, 4.69) is 35.1 Å². The van der Waals surface area contributed by atoms with Crippen LogP contribution in [0.25, 0.3) is 32.6 Å². The average Bonchev–Trinajstić information content (AvgIpc) is 2.86. The number of nitrogens with one attached hydrogen (secondary N) is 1. The molecule has 3 heteroatoms. The molecule has 2 aromatic carbocycles. The summed E-state index contributed by atoms with van der Waals surface area (Å²) >= 11 is 0. The first kappa shape index (κ1) is 11.3. The highest BCUT2D eigenvalue weighted by atomic mass is 16.5. The molecule has 3 nitrogen and oxygen atoms in total. The SMILES string of the molecule is COc1cccc2[nH]c3c(C)c4ccncc4cc3c12. The van der Waals surface area contributed by atoms with E-state index in [-0.39, 0.29) is 0 Å². The van der Waals surface area contributed by atoms with Crippen LogP contribution in [0.1, 0.15) is 5.56 Å². The molecule has 20 heavy (non-hydrogen) atoms. The van der Waals surface area contributed by atoms with Crippen molar-refractivity contribution in [2.24, 2.45) is 0 Å². The number of hydrogen-bond donors (Lipinski definition) is 1. The lowest BCUT2D eigenvalue weighted by atomic mass is 10.0. The molecule has 0 atom stereocenters. The first-order chi connectivity index (χ1) is 9.79. The number of aromatic nitrogens is 2. The molecule has 0 saturated carbocycles. The fraction of sp³-hybridized carbons (Fsp3) is 0.118. The van der Waals surface area contributed by atoms with Gasteiger partial charge in [-0.25, -0.2) is 0 Å². The molecule has 98 valence electrons. The van der Waals surface area contributed by atoms with Gasteiger partial charge < -0.3 is 9.72 Å². The number of aryl methyl sites for hydroxylation is 1. The number of benzene rings is 2. The minimum absolute atomic E-state index is 0.899. The Morgan fingerprint density at radius 2 is 2.05 bits per heavy atom. The molecule has 1 N–H and O–H groups in total. The smallest absolute Gasteiger partial charge is 0.128 e. The van der Waals surface area contributed by atoms with Crippen molar-refractivity contribution in [3.05, 3.63) is 48.3 Å². The maximum absolute atomic E-state index is 5.51. The van der Waals surface area contributed by atoms with Crippen molar-refractivity contribution < 1.29 is 4.74 Å². The van der Waals surface area contributed by atoms with E-state index in [1.54, 1.807) is 7.11 Å². The summed E-state index contributed by atoms with van der Waals surface area (Å²) in [6, 6.07) is 10.3.